The fraction of sp³-hybridized carbons (Fsp3) is 0.400. The minimum absolute atomic E-state index is 0.0492. The molecule has 0 unspecified atom stereocenters. The lowest BCUT2D eigenvalue weighted by Gasteiger charge is -2.32. The number of piperidine rings is 1. The number of aromatic nitrogens is 4. The van der Waals surface area contributed by atoms with Crippen molar-refractivity contribution in [3.63, 3.8) is 0 Å². The number of anilines is 2. The standard InChI is InChI=1S/C20H22N6O/c27-20(22-17-5-4-14-2-1-3-16(14)12-17)15-8-10-25(11-9-15)19-7-6-18-23-21-13-26(18)24-19/h4-7,12-13,15H,1-3,8-11H2,(H,22,27). The van der Waals surface area contributed by atoms with Crippen molar-refractivity contribution in [2.24, 2.45) is 5.92 Å². The smallest absolute Gasteiger partial charge is 0.227 e. The van der Waals surface area contributed by atoms with Crippen molar-refractivity contribution in [1.29, 1.82) is 0 Å². The molecule has 0 spiro atoms. The van der Waals surface area contributed by atoms with Crippen LogP contribution in [0.3, 0.4) is 0 Å². The van der Waals surface area contributed by atoms with Crippen molar-refractivity contribution in [2.45, 2.75) is 32.1 Å². The molecule has 0 atom stereocenters. The van der Waals surface area contributed by atoms with Gasteiger partial charge in [-0.25, -0.2) is 0 Å². The predicted molar refractivity (Wildman–Crippen MR) is 103 cm³/mol. The lowest BCUT2D eigenvalue weighted by molar-refractivity contribution is -0.120. The molecule has 0 saturated carbocycles. The predicted octanol–water partition coefficient (Wildman–Crippen LogP) is 2.47. The molecule has 1 amide bonds. The molecule has 5 rings (SSSR count). The number of carbonyl (C=O) groups excluding carboxylic acids is 1. The van der Waals surface area contributed by atoms with Crippen molar-refractivity contribution in [1.82, 2.24) is 19.8 Å². The number of rotatable bonds is 3. The van der Waals surface area contributed by atoms with Gasteiger partial charge in [0.15, 0.2) is 5.65 Å². The molecule has 138 valence electrons. The zero-order valence-electron chi connectivity index (χ0n) is 15.1. The molecule has 7 nitrogen and oxygen atoms in total. The van der Waals surface area contributed by atoms with Gasteiger partial charge in [-0.1, -0.05) is 6.07 Å². The SMILES string of the molecule is O=C(Nc1ccc2c(c1)CCC2)C1CCN(c2ccc3nncn3n2)CC1. The number of hydrogen-bond donors (Lipinski definition) is 1. The Morgan fingerprint density at radius 2 is 1.93 bits per heavy atom. The third-order valence-corrected chi connectivity index (χ3v) is 5.70. The molecule has 3 heterocycles. The molecule has 0 radical (unpaired) electrons. The van der Waals surface area contributed by atoms with Crippen molar-refractivity contribution in [3.05, 3.63) is 47.8 Å². The van der Waals surface area contributed by atoms with E-state index < -0.39 is 0 Å². The summed E-state index contributed by atoms with van der Waals surface area (Å²) in [6.07, 6.45) is 6.78. The lowest BCUT2D eigenvalue weighted by atomic mass is 9.95. The molecule has 1 aromatic carbocycles. The average Bonchev–Trinajstić information content (AvgIpc) is 3.36. The minimum atomic E-state index is 0.0492. The third-order valence-electron chi connectivity index (χ3n) is 5.70. The van der Waals surface area contributed by atoms with Gasteiger partial charge in [-0.05, 0) is 67.5 Å². The van der Waals surface area contributed by atoms with Crippen LogP contribution < -0.4 is 10.2 Å². The fourth-order valence-electron chi connectivity index (χ4n) is 4.15. The van der Waals surface area contributed by atoms with E-state index in [1.54, 1.807) is 10.8 Å². The van der Waals surface area contributed by atoms with E-state index in [2.05, 4.69) is 37.6 Å². The van der Waals surface area contributed by atoms with E-state index in [-0.39, 0.29) is 11.8 Å². The summed E-state index contributed by atoms with van der Waals surface area (Å²) in [5, 5.41) is 15.5. The van der Waals surface area contributed by atoms with E-state index in [0.29, 0.717) is 0 Å². The Bertz CT molecular complexity index is 989. The maximum absolute atomic E-state index is 12.7. The van der Waals surface area contributed by atoms with Gasteiger partial charge in [-0.3, -0.25) is 4.79 Å². The molecule has 27 heavy (non-hydrogen) atoms. The summed E-state index contributed by atoms with van der Waals surface area (Å²) in [5.41, 5.74) is 4.49. The molecule has 7 heteroatoms. The molecule has 1 aliphatic carbocycles. The largest absolute Gasteiger partial charge is 0.355 e. The minimum Gasteiger partial charge on any atom is -0.355 e. The Morgan fingerprint density at radius 3 is 2.81 bits per heavy atom. The molecule has 2 aromatic heterocycles. The number of amides is 1. The third kappa shape index (κ3) is 3.13. The summed E-state index contributed by atoms with van der Waals surface area (Å²) in [6, 6.07) is 10.2. The van der Waals surface area contributed by atoms with Crippen molar-refractivity contribution >= 4 is 23.1 Å². The zero-order valence-corrected chi connectivity index (χ0v) is 15.1. The number of nitrogens with one attached hydrogen (secondary N) is 1. The van der Waals surface area contributed by atoms with Crippen molar-refractivity contribution < 1.29 is 4.79 Å². The summed E-state index contributed by atoms with van der Waals surface area (Å²) in [5.74, 6) is 1.09. The van der Waals surface area contributed by atoms with Crippen LogP contribution in [0.2, 0.25) is 0 Å². The molecular weight excluding hydrogens is 340 g/mol. The number of fused-ring (bicyclic) bond motifs is 2. The molecular formula is C20H22N6O. The van der Waals surface area contributed by atoms with E-state index >= 15 is 0 Å². The summed E-state index contributed by atoms with van der Waals surface area (Å²) < 4.78 is 1.68. The monoisotopic (exact) mass is 362 g/mol. The molecule has 0 bridgehead atoms. The zero-order chi connectivity index (χ0) is 18.2. The normalized spacial score (nSPS) is 17.3. The first-order valence-corrected chi connectivity index (χ1v) is 9.61. The highest BCUT2D eigenvalue weighted by Crippen LogP contribution is 2.27. The van der Waals surface area contributed by atoms with Crippen LogP contribution in [0.1, 0.15) is 30.4 Å². The van der Waals surface area contributed by atoms with Crippen LogP contribution in [-0.4, -0.2) is 38.8 Å². The first-order chi connectivity index (χ1) is 13.3. The molecule has 1 aliphatic heterocycles. The summed E-state index contributed by atoms with van der Waals surface area (Å²) in [4.78, 5) is 14.9. The molecule has 3 aromatic rings. The highest BCUT2D eigenvalue weighted by atomic mass is 16.1. The van der Waals surface area contributed by atoms with Gasteiger partial charge >= 0.3 is 0 Å². The summed E-state index contributed by atoms with van der Waals surface area (Å²) in [6.45, 7) is 1.64. The average molecular weight is 362 g/mol. The number of carbonyl (C=O) groups is 1. The van der Waals surface area contributed by atoms with Gasteiger partial charge in [0, 0.05) is 24.7 Å². The van der Waals surface area contributed by atoms with Crippen LogP contribution in [0.15, 0.2) is 36.7 Å². The lowest BCUT2D eigenvalue weighted by Crippen LogP contribution is -2.38. The second-order valence-corrected chi connectivity index (χ2v) is 7.41. The van der Waals surface area contributed by atoms with Gasteiger partial charge in [-0.15, -0.1) is 15.3 Å². The Labute approximate surface area is 157 Å². The molecule has 1 N–H and O–H groups in total. The van der Waals surface area contributed by atoms with E-state index in [4.69, 9.17) is 0 Å². The van der Waals surface area contributed by atoms with E-state index in [1.165, 1.54) is 17.5 Å². The second-order valence-electron chi connectivity index (χ2n) is 7.41. The van der Waals surface area contributed by atoms with Crippen LogP contribution >= 0.6 is 0 Å². The second kappa shape index (κ2) is 6.64. The van der Waals surface area contributed by atoms with Gasteiger partial charge in [0.2, 0.25) is 5.91 Å². The first-order valence-electron chi connectivity index (χ1n) is 9.61. The number of hydrogen-bond acceptors (Lipinski definition) is 5. The number of nitrogens with zero attached hydrogens (tertiary/aromatic N) is 5. The fourth-order valence-corrected chi connectivity index (χ4v) is 4.15. The van der Waals surface area contributed by atoms with Crippen LogP contribution in [0, 0.1) is 5.92 Å². The Hall–Kier alpha value is -2.96. The van der Waals surface area contributed by atoms with Gasteiger partial charge < -0.3 is 10.2 Å². The molecule has 1 fully saturated rings. The highest BCUT2D eigenvalue weighted by molar-refractivity contribution is 5.92. The summed E-state index contributed by atoms with van der Waals surface area (Å²) >= 11 is 0. The topological polar surface area (TPSA) is 75.4 Å². The molecule has 2 aliphatic rings. The Kier molecular flexibility index (Phi) is 3.99. The summed E-state index contributed by atoms with van der Waals surface area (Å²) in [7, 11) is 0. The van der Waals surface area contributed by atoms with E-state index in [1.807, 2.05) is 18.2 Å². The van der Waals surface area contributed by atoms with Gasteiger partial charge in [0.25, 0.3) is 0 Å². The quantitative estimate of drug-likeness (QED) is 0.775. The number of aryl methyl sites for hydroxylation is 2. The Morgan fingerprint density at radius 1 is 1.07 bits per heavy atom. The van der Waals surface area contributed by atoms with E-state index in [0.717, 1.165) is 55.9 Å². The Balaban J connectivity index is 1.21. The highest BCUT2D eigenvalue weighted by Gasteiger charge is 2.26. The van der Waals surface area contributed by atoms with Gasteiger partial charge in [-0.2, -0.15) is 4.52 Å². The van der Waals surface area contributed by atoms with E-state index in [9.17, 15) is 4.79 Å². The van der Waals surface area contributed by atoms with Crippen LogP contribution in [0.5, 0.6) is 0 Å². The van der Waals surface area contributed by atoms with Crippen LogP contribution in [0.4, 0.5) is 11.5 Å². The number of benzene rings is 1. The maximum Gasteiger partial charge on any atom is 0.227 e. The van der Waals surface area contributed by atoms with Crippen LogP contribution in [0.25, 0.3) is 5.65 Å². The molecule has 1 saturated heterocycles. The first kappa shape index (κ1) is 16.2. The van der Waals surface area contributed by atoms with Gasteiger partial charge in [0.05, 0.1) is 0 Å². The van der Waals surface area contributed by atoms with Gasteiger partial charge in [0.1, 0.15) is 12.1 Å². The van der Waals surface area contributed by atoms with Crippen molar-refractivity contribution in [3.8, 4) is 0 Å². The van der Waals surface area contributed by atoms with Crippen LogP contribution in [-0.2, 0) is 17.6 Å². The van der Waals surface area contributed by atoms with Crippen molar-refractivity contribution in [2.75, 3.05) is 23.3 Å². The maximum atomic E-state index is 12.7.